The summed E-state index contributed by atoms with van der Waals surface area (Å²) in [7, 11) is 6.09. The van der Waals surface area contributed by atoms with Gasteiger partial charge >= 0.3 is 0 Å². The lowest BCUT2D eigenvalue weighted by molar-refractivity contribution is 0.264. The highest BCUT2D eigenvalue weighted by atomic mass is 127. The molecule has 0 bridgehead atoms. The number of rotatable bonds is 6. The van der Waals surface area contributed by atoms with Crippen molar-refractivity contribution in [3.8, 4) is 0 Å². The van der Waals surface area contributed by atoms with Gasteiger partial charge < -0.3 is 14.6 Å². The standard InChI is InChI=1S/C19H30N6O.HI/c1-5-20-19(21-12-17(23(2)3)18-7-6-10-26-18)25-9-8-15(14-25)16-11-22-24(4)13-16;/h6-7,10-11,13,15,17H,5,8-9,12,14H2,1-4H3,(H,20,21);1H. The molecular formula is C19H31IN6O. The molecule has 0 spiro atoms. The molecule has 3 rings (SSSR count). The third-order valence-corrected chi connectivity index (χ3v) is 4.93. The van der Waals surface area contributed by atoms with Crippen LogP contribution in [-0.4, -0.2) is 65.8 Å². The number of likely N-dealkylation sites (N-methyl/N-ethyl adjacent to an activating group) is 1. The van der Waals surface area contributed by atoms with E-state index in [2.05, 4.69) is 47.4 Å². The molecule has 0 saturated carbocycles. The highest BCUT2D eigenvalue weighted by Gasteiger charge is 2.27. The molecule has 1 aliphatic rings. The predicted octanol–water partition coefficient (Wildman–Crippen LogP) is 2.69. The molecule has 0 amide bonds. The molecule has 1 saturated heterocycles. The average Bonchev–Trinajstić information content (AvgIpc) is 3.35. The molecule has 150 valence electrons. The minimum Gasteiger partial charge on any atom is -0.468 e. The summed E-state index contributed by atoms with van der Waals surface area (Å²) in [6.45, 7) is 5.63. The monoisotopic (exact) mass is 486 g/mol. The highest BCUT2D eigenvalue weighted by molar-refractivity contribution is 14.0. The van der Waals surface area contributed by atoms with Gasteiger partial charge in [0.05, 0.1) is 25.0 Å². The lowest BCUT2D eigenvalue weighted by atomic mass is 10.0. The average molecular weight is 486 g/mol. The number of nitrogens with one attached hydrogen (secondary N) is 1. The van der Waals surface area contributed by atoms with Crippen molar-refractivity contribution in [2.45, 2.75) is 25.3 Å². The largest absolute Gasteiger partial charge is 0.468 e. The summed E-state index contributed by atoms with van der Waals surface area (Å²) in [4.78, 5) is 9.42. The maximum Gasteiger partial charge on any atom is 0.194 e. The molecule has 1 N–H and O–H groups in total. The van der Waals surface area contributed by atoms with E-state index >= 15 is 0 Å². The van der Waals surface area contributed by atoms with Crippen molar-refractivity contribution in [1.29, 1.82) is 0 Å². The fourth-order valence-corrected chi connectivity index (χ4v) is 3.46. The Morgan fingerprint density at radius 3 is 2.89 bits per heavy atom. The van der Waals surface area contributed by atoms with E-state index in [-0.39, 0.29) is 30.0 Å². The summed E-state index contributed by atoms with van der Waals surface area (Å²) >= 11 is 0. The Bertz CT molecular complexity index is 712. The van der Waals surface area contributed by atoms with E-state index in [0.29, 0.717) is 12.5 Å². The Labute approximate surface area is 178 Å². The van der Waals surface area contributed by atoms with Crippen LogP contribution in [0.5, 0.6) is 0 Å². The third-order valence-electron chi connectivity index (χ3n) is 4.93. The summed E-state index contributed by atoms with van der Waals surface area (Å²) in [6, 6.07) is 4.08. The first-order valence-corrected chi connectivity index (χ1v) is 9.30. The Kier molecular flexibility index (Phi) is 8.15. The number of aliphatic imine (C=N–C) groups is 1. The fraction of sp³-hybridized carbons (Fsp3) is 0.579. The van der Waals surface area contributed by atoms with E-state index in [1.165, 1.54) is 5.56 Å². The van der Waals surface area contributed by atoms with Crippen LogP contribution in [0.4, 0.5) is 0 Å². The maximum atomic E-state index is 5.60. The Hall–Kier alpha value is -1.55. The highest BCUT2D eigenvalue weighted by Crippen LogP contribution is 2.27. The van der Waals surface area contributed by atoms with Crippen LogP contribution in [0.3, 0.4) is 0 Å². The first-order valence-electron chi connectivity index (χ1n) is 9.30. The molecule has 8 heteroatoms. The van der Waals surface area contributed by atoms with Gasteiger partial charge in [-0.3, -0.25) is 14.6 Å². The van der Waals surface area contributed by atoms with Crippen molar-refractivity contribution in [3.63, 3.8) is 0 Å². The van der Waals surface area contributed by atoms with Gasteiger partial charge in [0.1, 0.15) is 5.76 Å². The van der Waals surface area contributed by atoms with Crippen molar-refractivity contribution >= 4 is 29.9 Å². The van der Waals surface area contributed by atoms with Gasteiger partial charge in [-0.25, -0.2) is 0 Å². The zero-order valence-corrected chi connectivity index (χ0v) is 19.0. The molecule has 3 heterocycles. The molecule has 1 aliphatic heterocycles. The number of nitrogens with zero attached hydrogens (tertiary/aromatic N) is 5. The molecule has 2 aromatic rings. The van der Waals surface area contributed by atoms with Crippen LogP contribution in [0, 0.1) is 0 Å². The molecule has 27 heavy (non-hydrogen) atoms. The van der Waals surface area contributed by atoms with E-state index < -0.39 is 0 Å². The van der Waals surface area contributed by atoms with E-state index in [0.717, 1.165) is 37.8 Å². The van der Waals surface area contributed by atoms with Gasteiger partial charge in [-0.15, -0.1) is 24.0 Å². The molecule has 2 unspecified atom stereocenters. The van der Waals surface area contributed by atoms with Crippen molar-refractivity contribution in [2.75, 3.05) is 40.3 Å². The van der Waals surface area contributed by atoms with Crippen molar-refractivity contribution < 1.29 is 4.42 Å². The summed E-state index contributed by atoms with van der Waals surface area (Å²) in [6.07, 6.45) is 6.96. The van der Waals surface area contributed by atoms with Crippen LogP contribution < -0.4 is 5.32 Å². The number of hydrogen-bond donors (Lipinski definition) is 1. The van der Waals surface area contributed by atoms with Gasteiger partial charge in [-0.1, -0.05) is 0 Å². The second kappa shape index (κ2) is 10.1. The molecule has 2 atom stereocenters. The molecule has 7 nitrogen and oxygen atoms in total. The molecule has 2 aromatic heterocycles. The smallest absolute Gasteiger partial charge is 0.194 e. The number of halogens is 1. The number of furan rings is 1. The molecule has 1 fully saturated rings. The quantitative estimate of drug-likeness (QED) is 0.387. The fourth-order valence-electron chi connectivity index (χ4n) is 3.46. The number of likely N-dealkylation sites (tertiary alicyclic amines) is 1. The lowest BCUT2D eigenvalue weighted by Crippen LogP contribution is -2.40. The zero-order valence-electron chi connectivity index (χ0n) is 16.6. The van der Waals surface area contributed by atoms with Crippen LogP contribution in [0.15, 0.2) is 40.2 Å². The SMILES string of the molecule is CCNC(=NCC(c1ccco1)N(C)C)N1CCC(c2cnn(C)c2)C1.I. The Balaban J connectivity index is 0.00000261. The maximum absolute atomic E-state index is 5.60. The van der Waals surface area contributed by atoms with Crippen molar-refractivity contribution in [3.05, 3.63) is 42.1 Å². The first kappa shape index (κ1) is 21.7. The van der Waals surface area contributed by atoms with E-state index in [4.69, 9.17) is 9.41 Å². The zero-order chi connectivity index (χ0) is 18.5. The predicted molar refractivity (Wildman–Crippen MR) is 119 cm³/mol. The first-order chi connectivity index (χ1) is 12.6. The third kappa shape index (κ3) is 5.47. The topological polar surface area (TPSA) is 61.8 Å². The second-order valence-electron chi connectivity index (χ2n) is 7.07. The van der Waals surface area contributed by atoms with Crippen LogP contribution in [-0.2, 0) is 7.05 Å². The van der Waals surface area contributed by atoms with Gasteiger partial charge in [0.2, 0.25) is 0 Å². The summed E-state index contributed by atoms with van der Waals surface area (Å²) in [5.74, 6) is 2.45. The van der Waals surface area contributed by atoms with Gasteiger partial charge in [0.15, 0.2) is 5.96 Å². The van der Waals surface area contributed by atoms with E-state index in [9.17, 15) is 0 Å². The second-order valence-corrected chi connectivity index (χ2v) is 7.07. The van der Waals surface area contributed by atoms with E-state index in [1.54, 1.807) is 6.26 Å². The molecule has 0 radical (unpaired) electrons. The summed E-state index contributed by atoms with van der Waals surface area (Å²) in [5.41, 5.74) is 1.31. The van der Waals surface area contributed by atoms with Crippen molar-refractivity contribution in [1.82, 2.24) is 24.9 Å². The molecule has 0 aromatic carbocycles. The number of guanidine groups is 1. The van der Waals surface area contributed by atoms with Crippen LogP contribution in [0.2, 0.25) is 0 Å². The molecule has 0 aliphatic carbocycles. The van der Waals surface area contributed by atoms with Gasteiger partial charge in [0, 0.05) is 38.8 Å². The minimum absolute atomic E-state index is 0. The minimum atomic E-state index is 0. The summed E-state index contributed by atoms with van der Waals surface area (Å²) in [5, 5.41) is 7.76. The van der Waals surface area contributed by atoms with Crippen LogP contribution >= 0.6 is 24.0 Å². The lowest BCUT2D eigenvalue weighted by Gasteiger charge is -2.24. The normalized spacial score (nSPS) is 18.6. The number of hydrogen-bond acceptors (Lipinski definition) is 4. The Morgan fingerprint density at radius 2 is 2.30 bits per heavy atom. The number of aryl methyl sites for hydroxylation is 1. The van der Waals surface area contributed by atoms with Gasteiger partial charge in [0.25, 0.3) is 0 Å². The van der Waals surface area contributed by atoms with Crippen LogP contribution in [0.25, 0.3) is 0 Å². The van der Waals surface area contributed by atoms with Crippen molar-refractivity contribution in [2.24, 2.45) is 12.0 Å². The summed E-state index contributed by atoms with van der Waals surface area (Å²) < 4.78 is 7.48. The van der Waals surface area contributed by atoms with E-state index in [1.807, 2.05) is 30.1 Å². The Morgan fingerprint density at radius 1 is 1.48 bits per heavy atom. The number of aromatic nitrogens is 2. The van der Waals surface area contributed by atoms with Crippen LogP contribution in [0.1, 0.15) is 36.6 Å². The van der Waals surface area contributed by atoms with Gasteiger partial charge in [-0.2, -0.15) is 5.10 Å². The molecular weight excluding hydrogens is 455 g/mol. The van der Waals surface area contributed by atoms with Gasteiger partial charge in [-0.05, 0) is 45.1 Å².